The van der Waals surface area contributed by atoms with E-state index in [1.165, 1.54) is 12.1 Å². The Hall–Kier alpha value is -1.89. The van der Waals surface area contributed by atoms with E-state index in [1.54, 1.807) is 26.0 Å². The van der Waals surface area contributed by atoms with Crippen molar-refractivity contribution in [3.8, 4) is 0 Å². The summed E-state index contributed by atoms with van der Waals surface area (Å²) in [5, 5.41) is 0.494. The second-order valence-corrected chi connectivity index (χ2v) is 7.71. The van der Waals surface area contributed by atoms with Gasteiger partial charge in [-0.2, -0.15) is 0 Å². The molecule has 0 atom stereocenters. The highest BCUT2D eigenvalue weighted by Crippen LogP contribution is 2.25. The molecule has 0 aliphatic carbocycles. The molecular formula is C17H19ClN2O3S. The van der Waals surface area contributed by atoms with Crippen molar-refractivity contribution in [1.82, 2.24) is 10.3 Å². The molecule has 0 aromatic heterocycles. The molecule has 7 heteroatoms. The number of halogens is 1. The molecule has 0 aliphatic rings. The summed E-state index contributed by atoms with van der Waals surface area (Å²) in [5.74, 6) is -0.560. The molecule has 0 saturated carbocycles. The number of hydrogen-bond acceptors (Lipinski definition) is 3. The van der Waals surface area contributed by atoms with Gasteiger partial charge in [0.1, 0.15) is 0 Å². The maximum absolute atomic E-state index is 12.6. The summed E-state index contributed by atoms with van der Waals surface area (Å²) in [7, 11) is -3.89. The summed E-state index contributed by atoms with van der Waals surface area (Å²) in [6.45, 7) is 7.20. The monoisotopic (exact) mass is 366 g/mol. The van der Waals surface area contributed by atoms with Crippen molar-refractivity contribution in [3.63, 3.8) is 0 Å². The summed E-state index contributed by atoms with van der Waals surface area (Å²) in [6.07, 6.45) is 0. The van der Waals surface area contributed by atoms with Crippen molar-refractivity contribution in [3.05, 3.63) is 63.2 Å². The second kappa shape index (κ2) is 6.93. The first kappa shape index (κ1) is 18.4. The zero-order chi connectivity index (χ0) is 18.1. The summed E-state index contributed by atoms with van der Waals surface area (Å²) in [5.41, 5.74) is 5.60. The molecular weight excluding hydrogens is 348 g/mol. The molecule has 128 valence electrons. The van der Waals surface area contributed by atoms with Crippen LogP contribution in [0.4, 0.5) is 0 Å². The van der Waals surface area contributed by atoms with Crippen LogP contribution in [0.1, 0.15) is 32.6 Å². The summed E-state index contributed by atoms with van der Waals surface area (Å²) in [4.78, 5) is 14.4. The molecule has 0 bridgehead atoms. The Morgan fingerprint density at radius 2 is 1.46 bits per heavy atom. The third kappa shape index (κ3) is 3.77. The Morgan fingerprint density at radius 3 is 1.96 bits per heavy atom. The van der Waals surface area contributed by atoms with Crippen molar-refractivity contribution in [2.75, 3.05) is 0 Å². The van der Waals surface area contributed by atoms with Gasteiger partial charge in [-0.3, -0.25) is 10.2 Å². The van der Waals surface area contributed by atoms with E-state index in [9.17, 15) is 13.2 Å². The van der Waals surface area contributed by atoms with Crippen LogP contribution in [0.3, 0.4) is 0 Å². The van der Waals surface area contributed by atoms with Crippen LogP contribution in [-0.2, 0) is 10.0 Å². The van der Waals surface area contributed by atoms with Crippen molar-refractivity contribution < 1.29 is 13.2 Å². The number of amides is 1. The van der Waals surface area contributed by atoms with Gasteiger partial charge in [-0.1, -0.05) is 17.7 Å². The summed E-state index contributed by atoms with van der Waals surface area (Å²) in [6, 6.07) is 8.08. The van der Waals surface area contributed by atoms with Gasteiger partial charge >= 0.3 is 0 Å². The Morgan fingerprint density at radius 1 is 0.958 bits per heavy atom. The number of hydrogen-bond donors (Lipinski definition) is 2. The van der Waals surface area contributed by atoms with Gasteiger partial charge in [0.15, 0.2) is 0 Å². The molecule has 2 N–H and O–H groups in total. The number of benzene rings is 2. The van der Waals surface area contributed by atoms with Gasteiger partial charge in [0, 0.05) is 10.6 Å². The number of nitrogens with one attached hydrogen (secondary N) is 2. The standard InChI is InChI=1S/C17H19ClN2O3S/c1-10-9-11(2)13(4)16(12(10)3)24(22,23)20-19-17(21)14-5-7-15(18)8-6-14/h5-9,20H,1-4H3,(H,19,21). The highest BCUT2D eigenvalue weighted by atomic mass is 35.5. The van der Waals surface area contributed by atoms with Crippen molar-refractivity contribution >= 4 is 27.5 Å². The van der Waals surface area contributed by atoms with Gasteiger partial charge in [0.05, 0.1) is 4.90 Å². The largest absolute Gasteiger partial charge is 0.273 e. The van der Waals surface area contributed by atoms with Gasteiger partial charge in [-0.25, -0.2) is 8.42 Å². The minimum absolute atomic E-state index is 0.191. The van der Waals surface area contributed by atoms with Crippen LogP contribution >= 0.6 is 11.6 Å². The highest BCUT2D eigenvalue weighted by molar-refractivity contribution is 7.89. The molecule has 24 heavy (non-hydrogen) atoms. The highest BCUT2D eigenvalue weighted by Gasteiger charge is 2.22. The number of carbonyl (C=O) groups is 1. The molecule has 0 fully saturated rings. The average Bonchev–Trinajstić information content (AvgIpc) is 2.51. The first-order chi connectivity index (χ1) is 11.1. The average molecular weight is 367 g/mol. The quantitative estimate of drug-likeness (QED) is 0.816. The SMILES string of the molecule is Cc1cc(C)c(C)c(S(=O)(=O)NNC(=O)c2ccc(Cl)cc2)c1C. The lowest BCUT2D eigenvalue weighted by atomic mass is 10.0. The minimum Gasteiger partial charge on any atom is -0.273 e. The smallest absolute Gasteiger partial charge is 0.266 e. The van der Waals surface area contributed by atoms with E-state index >= 15 is 0 Å². The summed E-state index contributed by atoms with van der Waals surface area (Å²) < 4.78 is 25.2. The summed E-state index contributed by atoms with van der Waals surface area (Å²) >= 11 is 5.77. The maximum Gasteiger partial charge on any atom is 0.266 e. The predicted molar refractivity (Wildman–Crippen MR) is 94.6 cm³/mol. The van der Waals surface area contributed by atoms with Crippen LogP contribution < -0.4 is 10.3 Å². The third-order valence-electron chi connectivity index (χ3n) is 3.97. The second-order valence-electron chi connectivity index (χ2n) is 5.66. The van der Waals surface area contributed by atoms with E-state index in [2.05, 4.69) is 10.3 Å². The maximum atomic E-state index is 12.6. The molecule has 0 heterocycles. The Bertz CT molecular complexity index is 865. The van der Waals surface area contributed by atoms with E-state index in [1.807, 2.05) is 19.9 Å². The number of aryl methyl sites for hydroxylation is 2. The predicted octanol–water partition coefficient (Wildman–Crippen LogP) is 3.20. The molecule has 0 aliphatic heterocycles. The minimum atomic E-state index is -3.89. The number of rotatable bonds is 4. The van der Waals surface area contributed by atoms with Gasteiger partial charge < -0.3 is 0 Å². The Labute approximate surface area is 147 Å². The van der Waals surface area contributed by atoms with Crippen molar-refractivity contribution in [2.24, 2.45) is 0 Å². The molecule has 2 rings (SSSR count). The topological polar surface area (TPSA) is 75.3 Å². The van der Waals surface area contributed by atoms with Gasteiger partial charge in [-0.05, 0) is 74.2 Å². The molecule has 0 spiro atoms. The molecule has 1 amide bonds. The van der Waals surface area contributed by atoms with E-state index in [-0.39, 0.29) is 4.90 Å². The molecule has 2 aromatic carbocycles. The Balaban J connectivity index is 2.27. The Kier molecular flexibility index (Phi) is 5.32. The lowest BCUT2D eigenvalue weighted by Gasteiger charge is -2.16. The van der Waals surface area contributed by atoms with Gasteiger partial charge in [-0.15, -0.1) is 4.83 Å². The fraction of sp³-hybridized carbons (Fsp3) is 0.235. The van der Waals surface area contributed by atoms with Crippen LogP contribution in [0.25, 0.3) is 0 Å². The van der Waals surface area contributed by atoms with Gasteiger partial charge in [0.25, 0.3) is 15.9 Å². The zero-order valence-corrected chi connectivity index (χ0v) is 15.5. The lowest BCUT2D eigenvalue weighted by molar-refractivity contribution is 0.0945. The number of hydrazine groups is 1. The zero-order valence-electron chi connectivity index (χ0n) is 13.9. The third-order valence-corrected chi connectivity index (χ3v) is 5.74. The fourth-order valence-electron chi connectivity index (χ4n) is 2.42. The van der Waals surface area contributed by atoms with Crippen LogP contribution in [0.5, 0.6) is 0 Å². The van der Waals surface area contributed by atoms with Crippen LogP contribution in [0, 0.1) is 27.7 Å². The normalized spacial score (nSPS) is 11.4. The van der Waals surface area contributed by atoms with E-state index in [0.717, 1.165) is 11.1 Å². The van der Waals surface area contributed by atoms with Gasteiger partial charge in [0.2, 0.25) is 0 Å². The molecule has 0 unspecified atom stereocenters. The van der Waals surface area contributed by atoms with Crippen LogP contribution in [0.15, 0.2) is 35.2 Å². The van der Waals surface area contributed by atoms with E-state index in [0.29, 0.717) is 21.7 Å². The van der Waals surface area contributed by atoms with E-state index < -0.39 is 15.9 Å². The molecule has 0 saturated heterocycles. The van der Waals surface area contributed by atoms with Crippen LogP contribution in [0.2, 0.25) is 5.02 Å². The van der Waals surface area contributed by atoms with Crippen molar-refractivity contribution in [1.29, 1.82) is 0 Å². The first-order valence-corrected chi connectivity index (χ1v) is 9.14. The molecule has 2 aromatic rings. The first-order valence-electron chi connectivity index (χ1n) is 7.28. The number of carbonyl (C=O) groups excluding carboxylic acids is 1. The van der Waals surface area contributed by atoms with E-state index in [4.69, 9.17) is 11.6 Å². The van der Waals surface area contributed by atoms with Crippen LogP contribution in [-0.4, -0.2) is 14.3 Å². The fourth-order valence-corrected chi connectivity index (χ4v) is 4.01. The molecule has 0 radical (unpaired) electrons. The van der Waals surface area contributed by atoms with Crippen molar-refractivity contribution in [2.45, 2.75) is 32.6 Å². The lowest BCUT2D eigenvalue weighted by Crippen LogP contribution is -2.42. The molecule has 5 nitrogen and oxygen atoms in total. The number of sulfonamides is 1.